The fourth-order valence-corrected chi connectivity index (χ4v) is 3.75. The van der Waals surface area contributed by atoms with Gasteiger partial charge in [0.2, 0.25) is 11.6 Å². The summed E-state index contributed by atoms with van der Waals surface area (Å²) in [5.41, 5.74) is 0.239. The molecule has 0 unspecified atom stereocenters. The van der Waals surface area contributed by atoms with Crippen LogP contribution in [-0.4, -0.2) is 84.0 Å². The number of halogens is 1. The number of carbonyl (C=O) groups is 2. The smallest absolute Gasteiger partial charge is 0.321 e. The van der Waals surface area contributed by atoms with Crippen LogP contribution in [0.25, 0.3) is 4.85 Å². The van der Waals surface area contributed by atoms with Gasteiger partial charge in [0.15, 0.2) is 0 Å². The van der Waals surface area contributed by atoms with Crippen LogP contribution < -0.4 is 10.6 Å². The summed E-state index contributed by atoms with van der Waals surface area (Å²) in [5, 5.41) is 5.97. The molecule has 0 bridgehead atoms. The van der Waals surface area contributed by atoms with Crippen molar-refractivity contribution in [3.05, 3.63) is 35.4 Å². The molecular formula is C21H29FN6O2. The number of rotatable bonds is 2. The first-order chi connectivity index (χ1) is 14.2. The Bertz CT molecular complexity index is 839. The second-order valence-electron chi connectivity index (χ2n) is 8.64. The minimum atomic E-state index is -0.664. The number of carbonyl (C=O) groups excluding carboxylic acids is 2. The summed E-state index contributed by atoms with van der Waals surface area (Å²) in [6.45, 7) is 17.4. The van der Waals surface area contributed by atoms with E-state index < -0.39 is 5.82 Å². The third-order valence-electron chi connectivity index (χ3n) is 5.62. The lowest BCUT2D eigenvalue weighted by Gasteiger charge is -2.43. The Morgan fingerprint density at radius 3 is 2.43 bits per heavy atom. The molecule has 1 aromatic rings. The van der Waals surface area contributed by atoms with E-state index in [1.54, 1.807) is 9.80 Å². The zero-order chi connectivity index (χ0) is 21.9. The molecule has 8 nitrogen and oxygen atoms in total. The van der Waals surface area contributed by atoms with E-state index in [1.165, 1.54) is 12.1 Å². The molecule has 2 aliphatic heterocycles. The van der Waals surface area contributed by atoms with Crippen molar-refractivity contribution in [2.75, 3.05) is 51.1 Å². The standard InChI is InChI=1S/C21H29FN6O2/c1-21(2,3)28-8-7-24-18(14-28)19(29)26-9-11-27(12-10-26)20(30)25-15-5-6-17(23-4)16(22)13-15/h5-6,13,18,24H,7-12,14H2,1-3H3,(H,25,30)/t18-/m1/s1. The SMILES string of the molecule is [C-]#[N+]c1ccc(NC(=O)N2CCN(C(=O)[C@H]3CN(C(C)(C)C)CCN3)CC2)cc1F. The molecule has 2 heterocycles. The highest BCUT2D eigenvalue weighted by molar-refractivity contribution is 5.90. The van der Waals surface area contributed by atoms with E-state index in [0.717, 1.165) is 19.2 Å². The molecule has 2 N–H and O–H groups in total. The van der Waals surface area contributed by atoms with Crippen molar-refractivity contribution in [1.82, 2.24) is 20.0 Å². The minimum absolute atomic E-state index is 0.0177. The van der Waals surface area contributed by atoms with Crippen LogP contribution >= 0.6 is 0 Å². The van der Waals surface area contributed by atoms with E-state index in [0.29, 0.717) is 38.4 Å². The lowest BCUT2D eigenvalue weighted by Crippen LogP contribution is -2.63. The molecule has 2 aliphatic rings. The van der Waals surface area contributed by atoms with Crippen LogP contribution in [-0.2, 0) is 4.79 Å². The zero-order valence-corrected chi connectivity index (χ0v) is 17.7. The summed E-state index contributed by atoms with van der Waals surface area (Å²) in [7, 11) is 0. The zero-order valence-electron chi connectivity index (χ0n) is 17.7. The third kappa shape index (κ3) is 5.07. The number of benzene rings is 1. The summed E-state index contributed by atoms with van der Waals surface area (Å²) in [4.78, 5) is 34.2. The third-order valence-corrected chi connectivity index (χ3v) is 5.62. The lowest BCUT2D eigenvalue weighted by atomic mass is 10.0. The van der Waals surface area contributed by atoms with Crippen LogP contribution in [0.15, 0.2) is 18.2 Å². The number of amides is 3. The van der Waals surface area contributed by atoms with Gasteiger partial charge in [0.05, 0.1) is 12.6 Å². The van der Waals surface area contributed by atoms with E-state index in [4.69, 9.17) is 6.57 Å². The number of urea groups is 1. The Morgan fingerprint density at radius 2 is 1.83 bits per heavy atom. The summed E-state index contributed by atoms with van der Waals surface area (Å²) in [6, 6.07) is 3.41. The van der Waals surface area contributed by atoms with Gasteiger partial charge >= 0.3 is 6.03 Å². The monoisotopic (exact) mass is 416 g/mol. The molecule has 1 aromatic carbocycles. The van der Waals surface area contributed by atoms with E-state index >= 15 is 0 Å². The molecule has 3 amide bonds. The van der Waals surface area contributed by atoms with Gasteiger partial charge in [0, 0.05) is 57.0 Å². The summed E-state index contributed by atoms with van der Waals surface area (Å²) >= 11 is 0. The van der Waals surface area contributed by atoms with Crippen molar-refractivity contribution in [3.63, 3.8) is 0 Å². The number of piperazine rings is 2. The Kier molecular flexibility index (Phi) is 6.58. The van der Waals surface area contributed by atoms with E-state index in [2.05, 4.69) is 41.1 Å². The summed E-state index contributed by atoms with van der Waals surface area (Å²) in [6.07, 6.45) is 0. The van der Waals surface area contributed by atoms with E-state index in [9.17, 15) is 14.0 Å². The second-order valence-corrected chi connectivity index (χ2v) is 8.64. The number of hydrogen-bond acceptors (Lipinski definition) is 4. The van der Waals surface area contributed by atoms with Crippen LogP contribution in [0.4, 0.5) is 20.6 Å². The van der Waals surface area contributed by atoms with Crippen LogP contribution in [0.5, 0.6) is 0 Å². The fraction of sp³-hybridized carbons (Fsp3) is 0.571. The van der Waals surface area contributed by atoms with Crippen molar-refractivity contribution in [3.8, 4) is 0 Å². The molecule has 162 valence electrons. The fourth-order valence-electron chi connectivity index (χ4n) is 3.75. The highest BCUT2D eigenvalue weighted by atomic mass is 19.1. The van der Waals surface area contributed by atoms with Gasteiger partial charge in [-0.2, -0.15) is 0 Å². The van der Waals surface area contributed by atoms with Gasteiger partial charge in [0.25, 0.3) is 0 Å². The van der Waals surface area contributed by atoms with Gasteiger partial charge in [-0.25, -0.2) is 14.0 Å². The molecule has 0 spiro atoms. The Balaban J connectivity index is 1.51. The number of hydrogen-bond donors (Lipinski definition) is 2. The minimum Gasteiger partial charge on any atom is -0.338 e. The maximum Gasteiger partial charge on any atom is 0.321 e. The van der Waals surface area contributed by atoms with Gasteiger partial charge in [0.1, 0.15) is 5.82 Å². The molecule has 0 aromatic heterocycles. The number of nitrogens with zero attached hydrogens (tertiary/aromatic N) is 4. The Labute approximate surface area is 176 Å². The van der Waals surface area contributed by atoms with Crippen molar-refractivity contribution in [2.24, 2.45) is 0 Å². The molecule has 2 saturated heterocycles. The van der Waals surface area contributed by atoms with Crippen molar-refractivity contribution < 1.29 is 14.0 Å². The van der Waals surface area contributed by atoms with Crippen LogP contribution in [0.2, 0.25) is 0 Å². The molecule has 0 radical (unpaired) electrons. The maximum absolute atomic E-state index is 13.7. The van der Waals surface area contributed by atoms with Gasteiger partial charge in [-0.05, 0) is 32.9 Å². The molecule has 1 atom stereocenters. The van der Waals surface area contributed by atoms with Crippen molar-refractivity contribution in [2.45, 2.75) is 32.4 Å². The van der Waals surface area contributed by atoms with Gasteiger partial charge in [-0.15, -0.1) is 0 Å². The van der Waals surface area contributed by atoms with Crippen LogP contribution in [0.1, 0.15) is 20.8 Å². The lowest BCUT2D eigenvalue weighted by molar-refractivity contribution is -0.136. The Hall–Kier alpha value is -2.70. The molecule has 3 rings (SSSR count). The largest absolute Gasteiger partial charge is 0.338 e. The highest BCUT2D eigenvalue weighted by Gasteiger charge is 2.34. The summed E-state index contributed by atoms with van der Waals surface area (Å²) in [5.74, 6) is -0.594. The van der Waals surface area contributed by atoms with Crippen LogP contribution in [0, 0.1) is 12.4 Å². The normalized spacial score (nSPS) is 20.6. The molecule has 30 heavy (non-hydrogen) atoms. The first-order valence-electron chi connectivity index (χ1n) is 10.2. The highest BCUT2D eigenvalue weighted by Crippen LogP contribution is 2.22. The molecule has 9 heteroatoms. The van der Waals surface area contributed by atoms with Crippen molar-refractivity contribution >= 4 is 23.3 Å². The van der Waals surface area contributed by atoms with Gasteiger partial charge < -0.3 is 20.4 Å². The van der Waals surface area contributed by atoms with Crippen molar-refractivity contribution in [1.29, 1.82) is 0 Å². The summed E-state index contributed by atoms with van der Waals surface area (Å²) < 4.78 is 13.7. The predicted molar refractivity (Wildman–Crippen MR) is 113 cm³/mol. The second kappa shape index (κ2) is 8.98. The van der Waals surface area contributed by atoms with Gasteiger partial charge in [-0.3, -0.25) is 9.69 Å². The Morgan fingerprint density at radius 1 is 1.17 bits per heavy atom. The molecular weight excluding hydrogens is 387 g/mol. The predicted octanol–water partition coefficient (Wildman–Crippen LogP) is 2.12. The molecule has 0 aliphatic carbocycles. The van der Waals surface area contributed by atoms with Gasteiger partial charge in [-0.1, -0.05) is 6.07 Å². The first kappa shape index (κ1) is 22.0. The quantitative estimate of drug-likeness (QED) is 0.725. The maximum atomic E-state index is 13.7. The van der Waals surface area contributed by atoms with E-state index in [-0.39, 0.29) is 29.2 Å². The van der Waals surface area contributed by atoms with E-state index in [1.807, 2.05) is 0 Å². The molecule has 0 saturated carbocycles. The first-order valence-corrected chi connectivity index (χ1v) is 10.2. The average molecular weight is 417 g/mol. The topological polar surface area (TPSA) is 72.3 Å². The van der Waals surface area contributed by atoms with Crippen LogP contribution in [0.3, 0.4) is 0 Å². The molecule has 2 fully saturated rings. The number of nitrogens with one attached hydrogen (secondary N) is 2. The average Bonchev–Trinajstić information content (AvgIpc) is 2.73. The number of anilines is 1.